The van der Waals surface area contributed by atoms with E-state index < -0.39 is 0 Å². The second-order valence-electron chi connectivity index (χ2n) is 4.34. The first-order valence-corrected chi connectivity index (χ1v) is 5.73. The summed E-state index contributed by atoms with van der Waals surface area (Å²) < 4.78 is 3.56. The lowest BCUT2D eigenvalue weighted by Crippen LogP contribution is -2.39. The maximum absolute atomic E-state index is 12.4. The van der Waals surface area contributed by atoms with Gasteiger partial charge in [-0.3, -0.25) is 9.48 Å². The van der Waals surface area contributed by atoms with E-state index in [1.165, 1.54) is 10.9 Å². The second kappa shape index (κ2) is 3.86. The number of aryl methyl sites for hydroxylation is 1. The molecule has 0 radical (unpaired) electrons. The van der Waals surface area contributed by atoms with Gasteiger partial charge in [0.2, 0.25) is 0 Å². The average molecular weight is 246 g/mol. The number of rotatable bonds is 1. The van der Waals surface area contributed by atoms with Crippen LogP contribution >= 0.6 is 0 Å². The lowest BCUT2D eigenvalue weighted by Gasteiger charge is -2.27. The molecule has 2 N–H and O–H groups in total. The van der Waals surface area contributed by atoms with Crippen molar-refractivity contribution in [3.63, 3.8) is 0 Å². The van der Waals surface area contributed by atoms with Crippen LogP contribution in [-0.4, -0.2) is 36.7 Å². The highest BCUT2D eigenvalue weighted by atomic mass is 16.2. The van der Waals surface area contributed by atoms with Crippen LogP contribution < -0.4 is 5.73 Å². The number of carbonyl (C=O) groups is 1. The first-order valence-electron chi connectivity index (χ1n) is 5.73. The largest absolute Gasteiger partial charge is 0.396 e. The third-order valence-corrected chi connectivity index (χ3v) is 3.20. The first-order chi connectivity index (χ1) is 8.66. The van der Waals surface area contributed by atoms with Crippen LogP contribution in [0.25, 0.3) is 0 Å². The van der Waals surface area contributed by atoms with Crippen molar-refractivity contribution in [2.24, 2.45) is 7.05 Å². The fourth-order valence-electron chi connectivity index (χ4n) is 2.21. The van der Waals surface area contributed by atoms with E-state index in [-0.39, 0.29) is 5.91 Å². The second-order valence-corrected chi connectivity index (χ2v) is 4.34. The van der Waals surface area contributed by atoms with E-state index in [9.17, 15) is 4.79 Å². The smallest absolute Gasteiger partial charge is 0.274 e. The number of nitrogens with zero attached hydrogens (tertiary/aromatic N) is 5. The molecule has 2 aromatic rings. The van der Waals surface area contributed by atoms with Crippen LogP contribution in [0.1, 0.15) is 16.3 Å². The molecule has 18 heavy (non-hydrogen) atoms. The van der Waals surface area contributed by atoms with E-state index in [0.29, 0.717) is 24.5 Å². The Hall–Kier alpha value is -2.31. The van der Waals surface area contributed by atoms with Crippen molar-refractivity contribution in [2.75, 3.05) is 12.3 Å². The van der Waals surface area contributed by atoms with Gasteiger partial charge in [-0.1, -0.05) is 0 Å². The van der Waals surface area contributed by atoms with Crippen LogP contribution in [-0.2, 0) is 20.1 Å². The number of amides is 1. The van der Waals surface area contributed by atoms with Gasteiger partial charge in [-0.15, -0.1) is 0 Å². The van der Waals surface area contributed by atoms with Gasteiger partial charge in [-0.05, 0) is 0 Å². The van der Waals surface area contributed by atoms with Crippen molar-refractivity contribution >= 4 is 11.6 Å². The van der Waals surface area contributed by atoms with E-state index in [2.05, 4.69) is 14.6 Å². The normalized spacial score (nSPS) is 14.6. The van der Waals surface area contributed by atoms with Gasteiger partial charge >= 0.3 is 0 Å². The lowest BCUT2D eigenvalue weighted by atomic mass is 10.2. The first kappa shape index (κ1) is 10.8. The molecule has 94 valence electrons. The number of carbonyl (C=O) groups excluding carboxylic acids is 1. The Morgan fingerprint density at radius 3 is 3.00 bits per heavy atom. The fraction of sp³-hybridized carbons (Fsp3) is 0.364. The van der Waals surface area contributed by atoms with Gasteiger partial charge in [0.05, 0.1) is 18.4 Å². The van der Waals surface area contributed by atoms with Crippen molar-refractivity contribution in [3.8, 4) is 0 Å². The summed E-state index contributed by atoms with van der Waals surface area (Å²) in [6, 6.07) is 0. The Labute approximate surface area is 104 Å². The van der Waals surface area contributed by atoms with Crippen molar-refractivity contribution in [2.45, 2.75) is 13.1 Å². The zero-order chi connectivity index (χ0) is 12.7. The van der Waals surface area contributed by atoms with Gasteiger partial charge < -0.3 is 15.2 Å². The summed E-state index contributed by atoms with van der Waals surface area (Å²) in [4.78, 5) is 18.4. The number of aromatic nitrogens is 4. The van der Waals surface area contributed by atoms with E-state index in [4.69, 9.17) is 5.73 Å². The highest BCUT2D eigenvalue weighted by Crippen LogP contribution is 2.17. The summed E-state index contributed by atoms with van der Waals surface area (Å²) in [5.74, 6) is 0.803. The Balaban J connectivity index is 1.87. The van der Waals surface area contributed by atoms with E-state index >= 15 is 0 Å². The minimum Gasteiger partial charge on any atom is -0.396 e. The molecule has 0 saturated heterocycles. The summed E-state index contributed by atoms with van der Waals surface area (Å²) >= 11 is 0. The SMILES string of the molecule is Cn1ncc(N)c1C(=O)N1CCn2ccnc2C1. The maximum Gasteiger partial charge on any atom is 0.274 e. The molecule has 3 rings (SSSR count). The molecule has 0 bridgehead atoms. The topological polar surface area (TPSA) is 82.0 Å². The predicted molar refractivity (Wildman–Crippen MR) is 64.6 cm³/mol. The molecule has 0 unspecified atom stereocenters. The van der Waals surface area contributed by atoms with Crippen LogP contribution in [0.15, 0.2) is 18.6 Å². The van der Waals surface area contributed by atoms with Gasteiger partial charge in [-0.25, -0.2) is 4.98 Å². The summed E-state index contributed by atoms with van der Waals surface area (Å²) in [6.07, 6.45) is 5.18. The Bertz CT molecular complexity index is 579. The van der Waals surface area contributed by atoms with Crippen LogP contribution in [0.4, 0.5) is 5.69 Å². The molecule has 0 aromatic carbocycles. The lowest BCUT2D eigenvalue weighted by molar-refractivity contribution is 0.0697. The molecular formula is C11H14N6O. The minimum atomic E-state index is -0.0956. The van der Waals surface area contributed by atoms with Crippen molar-refractivity contribution in [3.05, 3.63) is 30.1 Å². The molecule has 0 spiro atoms. The molecular weight excluding hydrogens is 232 g/mol. The minimum absolute atomic E-state index is 0.0956. The fourth-order valence-corrected chi connectivity index (χ4v) is 2.21. The van der Waals surface area contributed by atoms with Crippen LogP contribution in [0.5, 0.6) is 0 Å². The number of nitrogens with two attached hydrogens (primary N) is 1. The summed E-state index contributed by atoms with van der Waals surface area (Å²) in [6.45, 7) is 1.93. The number of imidazole rings is 1. The summed E-state index contributed by atoms with van der Waals surface area (Å²) in [5.41, 5.74) is 6.63. The Morgan fingerprint density at radius 1 is 1.44 bits per heavy atom. The number of hydrogen-bond acceptors (Lipinski definition) is 4. The molecule has 7 nitrogen and oxygen atoms in total. The third-order valence-electron chi connectivity index (χ3n) is 3.20. The zero-order valence-corrected chi connectivity index (χ0v) is 10.1. The van der Waals surface area contributed by atoms with E-state index in [1.54, 1.807) is 18.1 Å². The number of fused-ring (bicyclic) bond motifs is 1. The van der Waals surface area contributed by atoms with Crippen molar-refractivity contribution in [1.82, 2.24) is 24.2 Å². The molecule has 0 aliphatic carbocycles. The van der Waals surface area contributed by atoms with Gasteiger partial charge in [0.15, 0.2) is 0 Å². The van der Waals surface area contributed by atoms with Crippen LogP contribution in [0, 0.1) is 0 Å². The van der Waals surface area contributed by atoms with Crippen LogP contribution in [0.3, 0.4) is 0 Å². The molecule has 7 heteroatoms. The molecule has 0 atom stereocenters. The molecule has 3 heterocycles. The highest BCUT2D eigenvalue weighted by Gasteiger charge is 2.25. The molecule has 1 aliphatic rings. The highest BCUT2D eigenvalue weighted by molar-refractivity contribution is 5.97. The third kappa shape index (κ3) is 1.55. The molecule has 0 fully saturated rings. The number of anilines is 1. The number of nitrogen functional groups attached to an aromatic ring is 1. The maximum atomic E-state index is 12.4. The monoisotopic (exact) mass is 246 g/mol. The average Bonchev–Trinajstić information content (AvgIpc) is 2.94. The molecule has 1 aliphatic heterocycles. The standard InChI is InChI=1S/C11H14N6O/c1-15-10(8(12)6-14-15)11(18)17-5-4-16-3-2-13-9(16)7-17/h2-3,6H,4-5,7,12H2,1H3. The Kier molecular flexibility index (Phi) is 2.32. The molecule has 2 aromatic heterocycles. The Morgan fingerprint density at radius 2 is 2.28 bits per heavy atom. The van der Waals surface area contributed by atoms with E-state index in [0.717, 1.165) is 12.4 Å². The van der Waals surface area contributed by atoms with E-state index in [1.807, 2.05) is 6.20 Å². The molecule has 1 amide bonds. The predicted octanol–water partition coefficient (Wildman–Crippen LogP) is -0.145. The van der Waals surface area contributed by atoms with Gasteiger partial charge in [0, 0.05) is 32.5 Å². The van der Waals surface area contributed by atoms with Crippen molar-refractivity contribution in [1.29, 1.82) is 0 Å². The zero-order valence-electron chi connectivity index (χ0n) is 10.1. The van der Waals surface area contributed by atoms with Gasteiger partial charge in [0.25, 0.3) is 5.91 Å². The number of hydrogen-bond donors (Lipinski definition) is 1. The van der Waals surface area contributed by atoms with Gasteiger partial charge in [0.1, 0.15) is 11.5 Å². The van der Waals surface area contributed by atoms with Gasteiger partial charge in [-0.2, -0.15) is 5.10 Å². The van der Waals surface area contributed by atoms with Crippen LogP contribution in [0.2, 0.25) is 0 Å². The molecule has 0 saturated carbocycles. The quantitative estimate of drug-likeness (QED) is 0.759. The summed E-state index contributed by atoms with van der Waals surface area (Å²) in [5, 5.41) is 3.99. The summed E-state index contributed by atoms with van der Waals surface area (Å²) in [7, 11) is 1.72. The van der Waals surface area contributed by atoms with Crippen molar-refractivity contribution < 1.29 is 4.79 Å².